The molecule has 100 valence electrons. The number of amides is 2. The van der Waals surface area contributed by atoms with Gasteiger partial charge in [0.1, 0.15) is 0 Å². The van der Waals surface area contributed by atoms with Crippen LogP contribution in [-0.2, 0) is 9.59 Å². The first-order valence-corrected chi connectivity index (χ1v) is 5.93. The topological polar surface area (TPSA) is 78.7 Å². The van der Waals surface area contributed by atoms with Gasteiger partial charge in [-0.2, -0.15) is 0 Å². The molecule has 0 fully saturated rings. The van der Waals surface area contributed by atoms with Crippen LogP contribution < -0.4 is 11.3 Å². The van der Waals surface area contributed by atoms with Crippen molar-refractivity contribution in [3.63, 3.8) is 0 Å². The third-order valence-corrected chi connectivity index (χ3v) is 2.90. The van der Waals surface area contributed by atoms with Crippen LogP contribution in [0.2, 0.25) is 0 Å². The molecule has 6 nitrogen and oxygen atoms in total. The molecule has 1 unspecified atom stereocenters. The van der Waals surface area contributed by atoms with E-state index >= 15 is 0 Å². The van der Waals surface area contributed by atoms with Crippen LogP contribution in [0.1, 0.15) is 27.2 Å². The largest absolute Gasteiger partial charge is 0.342 e. The van der Waals surface area contributed by atoms with Crippen LogP contribution in [0, 0.1) is 0 Å². The highest BCUT2D eigenvalue weighted by Crippen LogP contribution is 2.02. The summed E-state index contributed by atoms with van der Waals surface area (Å²) in [5.74, 6) is 4.88. The van der Waals surface area contributed by atoms with Crippen molar-refractivity contribution in [3.05, 3.63) is 0 Å². The van der Waals surface area contributed by atoms with Gasteiger partial charge in [0, 0.05) is 25.6 Å². The molecule has 6 heteroatoms. The number of hydrazine groups is 1. The average molecular weight is 244 g/mol. The molecule has 0 aromatic heterocycles. The molecule has 2 amide bonds. The van der Waals surface area contributed by atoms with E-state index in [2.05, 4.69) is 5.43 Å². The SMILES string of the molecule is CCN(CC)C(=O)CN(C)C(C)CC(=O)NN. The van der Waals surface area contributed by atoms with E-state index in [4.69, 9.17) is 5.84 Å². The zero-order chi connectivity index (χ0) is 13.4. The van der Waals surface area contributed by atoms with Gasteiger partial charge in [-0.15, -0.1) is 0 Å². The lowest BCUT2D eigenvalue weighted by atomic mass is 10.2. The Morgan fingerprint density at radius 2 is 1.82 bits per heavy atom. The summed E-state index contributed by atoms with van der Waals surface area (Å²) in [6.45, 7) is 7.53. The van der Waals surface area contributed by atoms with Crippen LogP contribution >= 0.6 is 0 Å². The summed E-state index contributed by atoms with van der Waals surface area (Å²) in [5.41, 5.74) is 2.09. The Morgan fingerprint density at radius 1 is 1.29 bits per heavy atom. The molecule has 17 heavy (non-hydrogen) atoms. The minimum Gasteiger partial charge on any atom is -0.342 e. The smallest absolute Gasteiger partial charge is 0.236 e. The number of rotatable bonds is 7. The maximum Gasteiger partial charge on any atom is 0.236 e. The Bertz CT molecular complexity index is 254. The van der Waals surface area contributed by atoms with Crippen molar-refractivity contribution in [2.24, 2.45) is 5.84 Å². The summed E-state index contributed by atoms with van der Waals surface area (Å²) in [6.07, 6.45) is 0.290. The fraction of sp³-hybridized carbons (Fsp3) is 0.818. The van der Waals surface area contributed by atoms with Gasteiger partial charge in [0.25, 0.3) is 0 Å². The van der Waals surface area contributed by atoms with E-state index in [1.54, 1.807) is 4.90 Å². The highest BCUT2D eigenvalue weighted by molar-refractivity contribution is 5.78. The number of hydrogen-bond acceptors (Lipinski definition) is 4. The molecule has 0 aliphatic heterocycles. The normalized spacial score (nSPS) is 12.4. The third-order valence-electron chi connectivity index (χ3n) is 2.90. The number of carbonyl (C=O) groups is 2. The molecular weight excluding hydrogens is 220 g/mol. The number of likely N-dealkylation sites (N-methyl/N-ethyl adjacent to an activating group) is 2. The molecule has 3 N–H and O–H groups in total. The zero-order valence-corrected chi connectivity index (χ0v) is 11.2. The minimum atomic E-state index is -0.223. The van der Waals surface area contributed by atoms with Gasteiger partial charge in [-0.1, -0.05) is 0 Å². The molecule has 0 radical (unpaired) electrons. The first kappa shape index (κ1) is 15.9. The summed E-state index contributed by atoms with van der Waals surface area (Å²) >= 11 is 0. The number of nitrogens with one attached hydrogen (secondary N) is 1. The highest BCUT2D eigenvalue weighted by Gasteiger charge is 2.18. The van der Waals surface area contributed by atoms with Gasteiger partial charge in [-0.3, -0.25) is 19.9 Å². The molecule has 0 bridgehead atoms. The van der Waals surface area contributed by atoms with Crippen molar-refractivity contribution in [1.29, 1.82) is 0 Å². The summed E-state index contributed by atoms with van der Waals surface area (Å²) in [7, 11) is 1.83. The van der Waals surface area contributed by atoms with E-state index in [0.717, 1.165) is 0 Å². The minimum absolute atomic E-state index is 0.0157. The number of nitrogens with two attached hydrogens (primary N) is 1. The molecule has 1 atom stereocenters. The van der Waals surface area contributed by atoms with E-state index in [1.807, 2.05) is 32.7 Å². The van der Waals surface area contributed by atoms with Gasteiger partial charge < -0.3 is 4.90 Å². The second-order valence-corrected chi connectivity index (χ2v) is 4.10. The van der Waals surface area contributed by atoms with Crippen LogP contribution in [0.3, 0.4) is 0 Å². The summed E-state index contributed by atoms with van der Waals surface area (Å²) in [5, 5.41) is 0. The van der Waals surface area contributed by atoms with Gasteiger partial charge >= 0.3 is 0 Å². The maximum absolute atomic E-state index is 11.8. The molecule has 0 aromatic rings. The second kappa shape index (κ2) is 8.03. The quantitative estimate of drug-likeness (QED) is 0.361. The second-order valence-electron chi connectivity index (χ2n) is 4.10. The van der Waals surface area contributed by atoms with E-state index < -0.39 is 0 Å². The summed E-state index contributed by atoms with van der Waals surface area (Å²) in [6, 6.07) is -0.0157. The fourth-order valence-electron chi connectivity index (χ4n) is 1.53. The molecule has 0 aliphatic carbocycles. The van der Waals surface area contributed by atoms with E-state index in [0.29, 0.717) is 26.1 Å². The van der Waals surface area contributed by atoms with Crippen molar-refractivity contribution in [3.8, 4) is 0 Å². The summed E-state index contributed by atoms with van der Waals surface area (Å²) < 4.78 is 0. The Morgan fingerprint density at radius 3 is 2.24 bits per heavy atom. The Labute approximate surface area is 103 Å². The lowest BCUT2D eigenvalue weighted by Gasteiger charge is -2.27. The number of carbonyl (C=O) groups excluding carboxylic acids is 2. The van der Waals surface area contributed by atoms with Gasteiger partial charge in [-0.25, -0.2) is 5.84 Å². The average Bonchev–Trinajstić information content (AvgIpc) is 2.30. The Balaban J connectivity index is 4.19. The van der Waals surface area contributed by atoms with Gasteiger partial charge in [0.05, 0.1) is 6.54 Å². The van der Waals surface area contributed by atoms with Crippen LogP contribution in [0.15, 0.2) is 0 Å². The first-order valence-electron chi connectivity index (χ1n) is 5.93. The van der Waals surface area contributed by atoms with Gasteiger partial charge in [-0.05, 0) is 27.8 Å². The lowest BCUT2D eigenvalue weighted by molar-refractivity contribution is -0.133. The first-order chi connectivity index (χ1) is 7.96. The number of hydrogen-bond donors (Lipinski definition) is 2. The van der Waals surface area contributed by atoms with Crippen molar-refractivity contribution in [1.82, 2.24) is 15.2 Å². The summed E-state index contributed by atoms with van der Waals surface area (Å²) in [4.78, 5) is 26.6. The molecule has 0 spiro atoms. The Kier molecular flexibility index (Phi) is 7.49. The molecule has 0 saturated heterocycles. The lowest BCUT2D eigenvalue weighted by Crippen LogP contribution is -2.43. The van der Waals surface area contributed by atoms with Crippen molar-refractivity contribution >= 4 is 11.8 Å². The van der Waals surface area contributed by atoms with Crippen molar-refractivity contribution in [2.75, 3.05) is 26.7 Å². The van der Waals surface area contributed by atoms with Crippen LogP contribution in [-0.4, -0.2) is 54.3 Å². The monoisotopic (exact) mass is 244 g/mol. The fourth-order valence-corrected chi connectivity index (χ4v) is 1.53. The van der Waals surface area contributed by atoms with E-state index in [-0.39, 0.29) is 17.9 Å². The van der Waals surface area contributed by atoms with Crippen LogP contribution in [0.25, 0.3) is 0 Å². The van der Waals surface area contributed by atoms with Crippen LogP contribution in [0.4, 0.5) is 0 Å². The predicted molar refractivity (Wildman–Crippen MR) is 67.0 cm³/mol. The van der Waals surface area contributed by atoms with Crippen molar-refractivity contribution < 1.29 is 9.59 Å². The highest BCUT2D eigenvalue weighted by atomic mass is 16.2. The number of nitrogens with zero attached hydrogens (tertiary/aromatic N) is 2. The predicted octanol–water partition coefficient (Wildman–Crippen LogP) is -0.445. The molecule has 0 aromatic carbocycles. The Hall–Kier alpha value is -1.14. The van der Waals surface area contributed by atoms with Gasteiger partial charge in [0.15, 0.2) is 0 Å². The van der Waals surface area contributed by atoms with Gasteiger partial charge in [0.2, 0.25) is 11.8 Å². The van der Waals surface area contributed by atoms with E-state index in [1.165, 1.54) is 0 Å². The van der Waals surface area contributed by atoms with E-state index in [9.17, 15) is 9.59 Å². The molecule has 0 saturated carbocycles. The molecule has 0 heterocycles. The molecule has 0 rings (SSSR count). The standard InChI is InChI=1S/C11H24N4O2/c1-5-15(6-2)11(17)8-14(4)9(3)7-10(16)13-12/h9H,5-8,12H2,1-4H3,(H,13,16). The molecular formula is C11H24N4O2. The molecule has 0 aliphatic rings. The van der Waals surface area contributed by atoms with Crippen LogP contribution in [0.5, 0.6) is 0 Å². The zero-order valence-electron chi connectivity index (χ0n) is 11.2. The third kappa shape index (κ3) is 5.65. The maximum atomic E-state index is 11.8. The van der Waals surface area contributed by atoms with Crippen molar-refractivity contribution in [2.45, 2.75) is 33.2 Å².